The monoisotopic (exact) mass is 362 g/mol. The third kappa shape index (κ3) is 2.55. The number of halogens is 1. The van der Waals surface area contributed by atoms with Crippen LogP contribution in [0.1, 0.15) is 0 Å². The van der Waals surface area contributed by atoms with Crippen molar-refractivity contribution in [1.82, 2.24) is 9.29 Å². The van der Waals surface area contributed by atoms with Gasteiger partial charge in [-0.25, -0.2) is 13.4 Å². The van der Waals surface area contributed by atoms with Crippen molar-refractivity contribution in [2.75, 3.05) is 26.3 Å². The molecule has 0 radical (unpaired) electrons. The molecule has 0 spiro atoms. The van der Waals surface area contributed by atoms with E-state index in [0.717, 1.165) is 14.1 Å². The minimum absolute atomic E-state index is 0.318. The van der Waals surface area contributed by atoms with E-state index in [0.29, 0.717) is 31.2 Å². The van der Waals surface area contributed by atoms with Crippen LogP contribution in [0.25, 0.3) is 10.2 Å². The molecule has 102 valence electrons. The fraction of sp³-hybridized carbons (Fsp3) is 0.364. The van der Waals surface area contributed by atoms with Gasteiger partial charge in [-0.05, 0) is 34.1 Å². The second-order valence-electron chi connectivity index (χ2n) is 4.11. The minimum atomic E-state index is -3.43. The van der Waals surface area contributed by atoms with Crippen LogP contribution in [0.15, 0.2) is 27.0 Å². The average Bonchev–Trinajstić information content (AvgIpc) is 2.78. The fourth-order valence-electron chi connectivity index (χ4n) is 1.97. The van der Waals surface area contributed by atoms with E-state index < -0.39 is 10.0 Å². The molecule has 3 rings (SSSR count). The molecule has 1 aromatic heterocycles. The summed E-state index contributed by atoms with van der Waals surface area (Å²) in [6.07, 6.45) is 0. The van der Waals surface area contributed by atoms with Crippen LogP contribution in [-0.2, 0) is 14.8 Å². The lowest BCUT2D eigenvalue weighted by molar-refractivity contribution is 0.0730. The van der Waals surface area contributed by atoms with Crippen LogP contribution in [-0.4, -0.2) is 44.0 Å². The summed E-state index contributed by atoms with van der Waals surface area (Å²) in [6, 6.07) is 5.03. The fourth-order valence-corrected chi connectivity index (χ4v) is 4.93. The van der Waals surface area contributed by atoms with Gasteiger partial charge in [0.2, 0.25) is 10.0 Å². The third-order valence-electron chi connectivity index (χ3n) is 2.94. The average molecular weight is 363 g/mol. The normalized spacial score (nSPS) is 17.9. The summed E-state index contributed by atoms with van der Waals surface area (Å²) in [5, 5.41) is 0. The third-order valence-corrected chi connectivity index (χ3v) is 6.31. The van der Waals surface area contributed by atoms with Crippen molar-refractivity contribution in [3.05, 3.63) is 22.1 Å². The Hall–Kier alpha value is -0.540. The van der Waals surface area contributed by atoms with Gasteiger partial charge in [0.05, 0.1) is 28.3 Å². The Labute approximate surface area is 123 Å². The maximum absolute atomic E-state index is 12.5. The summed E-state index contributed by atoms with van der Waals surface area (Å²) in [4.78, 5) is 4.57. The molecule has 1 fully saturated rings. The molecule has 2 aromatic rings. The van der Waals surface area contributed by atoms with Gasteiger partial charge in [0.25, 0.3) is 0 Å². The van der Waals surface area contributed by atoms with Gasteiger partial charge >= 0.3 is 0 Å². The maximum atomic E-state index is 12.5. The predicted molar refractivity (Wildman–Crippen MR) is 76.9 cm³/mol. The highest BCUT2D eigenvalue weighted by atomic mass is 79.9. The Morgan fingerprint density at radius 1 is 1.32 bits per heavy atom. The van der Waals surface area contributed by atoms with Crippen molar-refractivity contribution >= 4 is 47.5 Å². The summed E-state index contributed by atoms with van der Waals surface area (Å²) in [7, 11) is -3.43. The lowest BCUT2D eigenvalue weighted by Gasteiger charge is -2.25. The molecule has 0 amide bonds. The molecular formula is C11H11BrN2O3S2. The van der Waals surface area contributed by atoms with Crippen LogP contribution in [0.5, 0.6) is 0 Å². The first-order chi connectivity index (χ1) is 9.07. The lowest BCUT2D eigenvalue weighted by atomic mass is 10.3. The van der Waals surface area contributed by atoms with E-state index in [-0.39, 0.29) is 0 Å². The lowest BCUT2D eigenvalue weighted by Crippen LogP contribution is -2.40. The molecule has 0 aliphatic carbocycles. The first-order valence-corrected chi connectivity index (χ1v) is 8.76. The highest BCUT2D eigenvalue weighted by Gasteiger charge is 2.26. The molecule has 0 saturated carbocycles. The number of thiazole rings is 1. The van der Waals surface area contributed by atoms with E-state index in [4.69, 9.17) is 4.74 Å². The first kappa shape index (κ1) is 13.4. The zero-order valence-corrected chi connectivity index (χ0v) is 13.1. The molecule has 5 nitrogen and oxygen atoms in total. The van der Waals surface area contributed by atoms with Crippen molar-refractivity contribution in [2.24, 2.45) is 0 Å². The van der Waals surface area contributed by atoms with Crippen molar-refractivity contribution in [3.8, 4) is 0 Å². The van der Waals surface area contributed by atoms with Gasteiger partial charge in [0, 0.05) is 13.1 Å². The molecule has 19 heavy (non-hydrogen) atoms. The number of rotatable bonds is 2. The standard InChI is InChI=1S/C11H11BrN2O3S2/c12-11-13-9-2-1-8(7-10(9)18-11)19(15,16)14-3-5-17-6-4-14/h1-2,7H,3-6H2. The Morgan fingerprint density at radius 2 is 2.05 bits per heavy atom. The minimum Gasteiger partial charge on any atom is -0.379 e. The van der Waals surface area contributed by atoms with E-state index >= 15 is 0 Å². The molecule has 1 aliphatic heterocycles. The van der Waals surface area contributed by atoms with Crippen LogP contribution in [0.3, 0.4) is 0 Å². The van der Waals surface area contributed by atoms with Crippen molar-refractivity contribution in [3.63, 3.8) is 0 Å². The summed E-state index contributed by atoms with van der Waals surface area (Å²) in [5.74, 6) is 0. The summed E-state index contributed by atoms with van der Waals surface area (Å²) in [5.41, 5.74) is 0.804. The smallest absolute Gasteiger partial charge is 0.243 e. The number of ether oxygens (including phenoxy) is 1. The molecule has 0 bridgehead atoms. The van der Waals surface area contributed by atoms with E-state index in [1.54, 1.807) is 18.2 Å². The second kappa shape index (κ2) is 5.10. The van der Waals surface area contributed by atoms with Crippen molar-refractivity contribution in [1.29, 1.82) is 0 Å². The number of morpholine rings is 1. The van der Waals surface area contributed by atoms with E-state index in [9.17, 15) is 8.42 Å². The van der Waals surface area contributed by atoms with Gasteiger partial charge in [-0.1, -0.05) is 0 Å². The Balaban J connectivity index is 2.02. The van der Waals surface area contributed by atoms with Gasteiger partial charge < -0.3 is 4.74 Å². The highest BCUT2D eigenvalue weighted by Crippen LogP contribution is 2.29. The highest BCUT2D eigenvalue weighted by molar-refractivity contribution is 9.11. The SMILES string of the molecule is O=S(=O)(c1ccc2nc(Br)sc2c1)N1CCOCC1. The topological polar surface area (TPSA) is 59.5 Å². The molecular weight excluding hydrogens is 352 g/mol. The number of hydrogen-bond donors (Lipinski definition) is 0. The molecule has 8 heteroatoms. The van der Waals surface area contributed by atoms with Gasteiger partial charge in [-0.15, -0.1) is 11.3 Å². The summed E-state index contributed by atoms with van der Waals surface area (Å²) in [6.45, 7) is 1.72. The van der Waals surface area contributed by atoms with Crippen LogP contribution in [0.2, 0.25) is 0 Å². The number of fused-ring (bicyclic) bond motifs is 1. The van der Waals surface area contributed by atoms with E-state index in [2.05, 4.69) is 20.9 Å². The molecule has 0 atom stereocenters. The van der Waals surface area contributed by atoms with Crippen LogP contribution in [0.4, 0.5) is 0 Å². The molecule has 1 saturated heterocycles. The van der Waals surface area contributed by atoms with Crippen LogP contribution < -0.4 is 0 Å². The summed E-state index contributed by atoms with van der Waals surface area (Å²) >= 11 is 4.73. The Bertz CT molecular complexity index is 708. The predicted octanol–water partition coefficient (Wildman–Crippen LogP) is 2.08. The molecule has 1 aliphatic rings. The second-order valence-corrected chi connectivity index (χ2v) is 8.36. The molecule has 0 N–H and O–H groups in total. The van der Waals surface area contributed by atoms with Gasteiger partial charge in [0.1, 0.15) is 0 Å². The quantitative estimate of drug-likeness (QED) is 0.820. The van der Waals surface area contributed by atoms with Gasteiger partial charge in [0.15, 0.2) is 3.92 Å². The number of sulfonamides is 1. The van der Waals surface area contributed by atoms with Gasteiger partial charge in [-0.2, -0.15) is 4.31 Å². The van der Waals surface area contributed by atoms with Crippen LogP contribution in [0, 0.1) is 0 Å². The zero-order valence-electron chi connectivity index (χ0n) is 9.87. The largest absolute Gasteiger partial charge is 0.379 e. The van der Waals surface area contributed by atoms with Crippen molar-refractivity contribution < 1.29 is 13.2 Å². The molecule has 1 aromatic carbocycles. The number of nitrogens with zero attached hydrogens (tertiary/aromatic N) is 2. The van der Waals surface area contributed by atoms with Crippen molar-refractivity contribution in [2.45, 2.75) is 4.90 Å². The maximum Gasteiger partial charge on any atom is 0.243 e. The van der Waals surface area contributed by atoms with E-state index in [1.165, 1.54) is 15.6 Å². The number of hydrogen-bond acceptors (Lipinski definition) is 5. The van der Waals surface area contributed by atoms with Crippen LogP contribution >= 0.6 is 27.3 Å². The first-order valence-electron chi connectivity index (χ1n) is 5.71. The number of aromatic nitrogens is 1. The summed E-state index contributed by atoms with van der Waals surface area (Å²) < 4.78 is 33.2. The zero-order chi connectivity index (χ0) is 13.5. The number of benzene rings is 1. The molecule has 0 unspecified atom stereocenters. The Morgan fingerprint density at radius 3 is 2.79 bits per heavy atom. The molecule has 2 heterocycles. The van der Waals surface area contributed by atoms with Gasteiger partial charge in [-0.3, -0.25) is 0 Å². The Kier molecular flexibility index (Phi) is 3.61. The van der Waals surface area contributed by atoms with E-state index in [1.807, 2.05) is 0 Å².